The molecule has 4 rings (SSSR count). The molecular formula is C16H11N3O3S. The number of aromatic nitrogens is 3. The molecule has 0 spiro atoms. The van der Waals surface area contributed by atoms with Gasteiger partial charge in [-0.3, -0.25) is 0 Å². The van der Waals surface area contributed by atoms with Crippen LogP contribution in [0.4, 0.5) is 0 Å². The van der Waals surface area contributed by atoms with Crippen molar-refractivity contribution in [2.24, 2.45) is 0 Å². The highest BCUT2D eigenvalue weighted by Gasteiger charge is 2.19. The van der Waals surface area contributed by atoms with Crippen LogP contribution in [0.1, 0.15) is 0 Å². The molecule has 0 saturated carbocycles. The first kappa shape index (κ1) is 13.7. The third-order valence-electron chi connectivity index (χ3n) is 3.52. The Morgan fingerprint density at radius 2 is 1.70 bits per heavy atom. The van der Waals surface area contributed by atoms with Crippen LogP contribution < -0.4 is 4.18 Å². The highest BCUT2D eigenvalue weighted by Crippen LogP contribution is 2.26. The van der Waals surface area contributed by atoms with Gasteiger partial charge in [-0.15, -0.1) is 0 Å². The second-order valence-electron chi connectivity index (χ2n) is 4.99. The summed E-state index contributed by atoms with van der Waals surface area (Å²) in [6.07, 6.45) is 0. The largest absolute Gasteiger partial charge is 0.376 e. The average Bonchev–Trinajstić information content (AvgIpc) is 3.04. The first-order valence-electron chi connectivity index (χ1n) is 6.86. The van der Waals surface area contributed by atoms with Gasteiger partial charge in [0.05, 0.1) is 0 Å². The summed E-state index contributed by atoms with van der Waals surface area (Å²) in [6, 6.07) is 17.3. The molecule has 1 heterocycles. The maximum Gasteiger partial charge on any atom is 0.339 e. The summed E-state index contributed by atoms with van der Waals surface area (Å²) < 4.78 is 30.3. The van der Waals surface area contributed by atoms with Crippen molar-refractivity contribution in [2.45, 2.75) is 4.90 Å². The van der Waals surface area contributed by atoms with E-state index in [-0.39, 0.29) is 10.6 Å². The molecule has 23 heavy (non-hydrogen) atoms. The van der Waals surface area contributed by atoms with E-state index in [0.29, 0.717) is 11.0 Å². The van der Waals surface area contributed by atoms with E-state index < -0.39 is 10.1 Å². The highest BCUT2D eigenvalue weighted by molar-refractivity contribution is 7.87. The van der Waals surface area contributed by atoms with E-state index in [0.717, 1.165) is 10.8 Å². The number of hydrogen-bond donors (Lipinski definition) is 1. The van der Waals surface area contributed by atoms with Gasteiger partial charge in [-0.2, -0.15) is 23.8 Å². The lowest BCUT2D eigenvalue weighted by molar-refractivity contribution is 0.488. The van der Waals surface area contributed by atoms with Crippen molar-refractivity contribution < 1.29 is 12.6 Å². The molecule has 7 heteroatoms. The standard InChI is InChI=1S/C16H11N3O3S/c20-23(21,13-9-8-11-4-1-2-5-12(11)10-13)22-15-7-3-6-14-16(15)18-19-17-14/h1-10H,(H,17,18,19). The first-order valence-corrected chi connectivity index (χ1v) is 8.27. The SMILES string of the molecule is O=S(=O)(Oc1cccc2n[nH]nc12)c1ccc2ccccc2c1. The number of rotatable bonds is 3. The predicted molar refractivity (Wildman–Crippen MR) is 85.7 cm³/mol. The minimum Gasteiger partial charge on any atom is -0.376 e. The molecule has 3 aromatic carbocycles. The fourth-order valence-electron chi connectivity index (χ4n) is 2.40. The van der Waals surface area contributed by atoms with Crippen molar-refractivity contribution in [2.75, 3.05) is 0 Å². The Labute approximate surface area is 131 Å². The third-order valence-corrected chi connectivity index (χ3v) is 4.75. The molecule has 1 N–H and O–H groups in total. The van der Waals surface area contributed by atoms with E-state index in [1.165, 1.54) is 6.07 Å². The molecule has 0 aliphatic heterocycles. The lowest BCUT2D eigenvalue weighted by Gasteiger charge is -2.08. The van der Waals surface area contributed by atoms with E-state index >= 15 is 0 Å². The third kappa shape index (κ3) is 2.40. The number of fused-ring (bicyclic) bond motifs is 2. The van der Waals surface area contributed by atoms with Gasteiger partial charge >= 0.3 is 10.1 Å². The lowest BCUT2D eigenvalue weighted by atomic mass is 10.1. The van der Waals surface area contributed by atoms with E-state index in [2.05, 4.69) is 15.4 Å². The molecule has 4 aromatic rings. The molecule has 0 aliphatic carbocycles. The number of nitrogens with zero attached hydrogens (tertiary/aromatic N) is 2. The van der Waals surface area contributed by atoms with Gasteiger partial charge < -0.3 is 4.18 Å². The van der Waals surface area contributed by atoms with Crippen LogP contribution in [0.15, 0.2) is 65.6 Å². The zero-order valence-corrected chi connectivity index (χ0v) is 12.6. The second-order valence-corrected chi connectivity index (χ2v) is 6.54. The quantitative estimate of drug-likeness (QED) is 0.585. The predicted octanol–water partition coefficient (Wildman–Crippen LogP) is 2.88. The summed E-state index contributed by atoms with van der Waals surface area (Å²) in [5.41, 5.74) is 0.910. The summed E-state index contributed by atoms with van der Waals surface area (Å²) in [7, 11) is -3.96. The van der Waals surface area contributed by atoms with Crippen molar-refractivity contribution in [1.29, 1.82) is 0 Å². The van der Waals surface area contributed by atoms with Crippen LogP contribution >= 0.6 is 0 Å². The maximum atomic E-state index is 12.5. The van der Waals surface area contributed by atoms with Crippen LogP contribution in [0.25, 0.3) is 21.8 Å². The molecule has 0 atom stereocenters. The normalized spacial score (nSPS) is 11.8. The van der Waals surface area contributed by atoms with Gasteiger partial charge in [0.1, 0.15) is 10.4 Å². The topological polar surface area (TPSA) is 84.9 Å². The summed E-state index contributed by atoms with van der Waals surface area (Å²) in [5.74, 6) is 0.143. The number of para-hydroxylation sites is 1. The molecule has 114 valence electrons. The van der Waals surface area contributed by atoms with Gasteiger partial charge in [0.2, 0.25) is 0 Å². The van der Waals surface area contributed by atoms with E-state index in [4.69, 9.17) is 4.18 Å². The van der Waals surface area contributed by atoms with Crippen molar-refractivity contribution in [3.8, 4) is 5.75 Å². The first-order chi connectivity index (χ1) is 11.1. The van der Waals surface area contributed by atoms with Crippen LogP contribution in [-0.2, 0) is 10.1 Å². The van der Waals surface area contributed by atoms with E-state index in [1.807, 2.05) is 24.3 Å². The van der Waals surface area contributed by atoms with Crippen molar-refractivity contribution >= 4 is 31.9 Å². The van der Waals surface area contributed by atoms with Gasteiger partial charge in [0.15, 0.2) is 11.3 Å². The van der Waals surface area contributed by atoms with Crippen LogP contribution in [-0.4, -0.2) is 23.8 Å². The fourth-order valence-corrected chi connectivity index (χ4v) is 3.37. The van der Waals surface area contributed by atoms with E-state index in [9.17, 15) is 8.42 Å². The van der Waals surface area contributed by atoms with Gasteiger partial charge in [-0.25, -0.2) is 0 Å². The van der Waals surface area contributed by atoms with Gasteiger partial charge in [0.25, 0.3) is 0 Å². The lowest BCUT2D eigenvalue weighted by Crippen LogP contribution is -2.10. The van der Waals surface area contributed by atoms with Crippen molar-refractivity contribution in [3.63, 3.8) is 0 Å². The van der Waals surface area contributed by atoms with Gasteiger partial charge in [-0.1, -0.05) is 36.4 Å². The molecule has 0 radical (unpaired) electrons. The Morgan fingerprint density at radius 3 is 2.57 bits per heavy atom. The number of H-pyrrole nitrogens is 1. The zero-order valence-electron chi connectivity index (χ0n) is 11.8. The molecule has 0 aliphatic rings. The minimum absolute atomic E-state index is 0.0942. The molecule has 0 fully saturated rings. The number of hydrogen-bond acceptors (Lipinski definition) is 5. The van der Waals surface area contributed by atoms with Crippen molar-refractivity contribution in [1.82, 2.24) is 15.4 Å². The van der Waals surface area contributed by atoms with Gasteiger partial charge in [-0.05, 0) is 35.0 Å². The number of nitrogens with one attached hydrogen (secondary N) is 1. The monoisotopic (exact) mass is 325 g/mol. The molecule has 0 amide bonds. The maximum absolute atomic E-state index is 12.5. The Bertz CT molecular complexity index is 1120. The summed E-state index contributed by atoms with van der Waals surface area (Å²) in [5, 5.41) is 12.1. The molecule has 1 aromatic heterocycles. The number of benzene rings is 3. The molecule has 0 saturated heterocycles. The molecule has 0 bridgehead atoms. The Morgan fingerprint density at radius 1 is 0.870 bits per heavy atom. The molecule has 0 unspecified atom stereocenters. The Hall–Kier alpha value is -2.93. The zero-order chi connectivity index (χ0) is 15.9. The second kappa shape index (κ2) is 5.06. The van der Waals surface area contributed by atoms with E-state index in [1.54, 1.807) is 30.3 Å². The van der Waals surface area contributed by atoms with Crippen LogP contribution in [0, 0.1) is 0 Å². The summed E-state index contributed by atoms with van der Waals surface area (Å²) in [4.78, 5) is 0.0942. The van der Waals surface area contributed by atoms with Crippen LogP contribution in [0.3, 0.4) is 0 Å². The smallest absolute Gasteiger partial charge is 0.339 e. The minimum atomic E-state index is -3.96. The number of aromatic amines is 1. The fraction of sp³-hybridized carbons (Fsp3) is 0. The molecule has 6 nitrogen and oxygen atoms in total. The summed E-state index contributed by atoms with van der Waals surface area (Å²) >= 11 is 0. The highest BCUT2D eigenvalue weighted by atomic mass is 32.2. The Kier molecular flexibility index (Phi) is 3.02. The van der Waals surface area contributed by atoms with Crippen LogP contribution in [0.2, 0.25) is 0 Å². The summed E-state index contributed by atoms with van der Waals surface area (Å²) in [6.45, 7) is 0. The Balaban J connectivity index is 1.78. The van der Waals surface area contributed by atoms with Crippen LogP contribution in [0.5, 0.6) is 5.75 Å². The molecular weight excluding hydrogens is 314 g/mol. The van der Waals surface area contributed by atoms with Crippen molar-refractivity contribution in [3.05, 3.63) is 60.7 Å². The average molecular weight is 325 g/mol. The van der Waals surface area contributed by atoms with Gasteiger partial charge in [0, 0.05) is 0 Å².